The van der Waals surface area contributed by atoms with Crippen LogP contribution in [0, 0.1) is 12.7 Å². The quantitative estimate of drug-likeness (QED) is 0.530. The molecule has 2 aromatic carbocycles. The third kappa shape index (κ3) is 5.29. The van der Waals surface area contributed by atoms with E-state index in [1.54, 1.807) is 25.3 Å². The molecule has 0 bridgehead atoms. The Morgan fingerprint density at radius 3 is 2.81 bits per heavy atom. The number of methoxy groups -OCH3 is 1. The van der Waals surface area contributed by atoms with Crippen LogP contribution in [0.5, 0.6) is 11.5 Å². The number of hydrogen-bond acceptors (Lipinski definition) is 5. The minimum Gasteiger partial charge on any atom is -0.496 e. The molecule has 1 fully saturated rings. The molecule has 2 heterocycles. The van der Waals surface area contributed by atoms with Gasteiger partial charge < -0.3 is 14.2 Å². The molecule has 4 rings (SSSR count). The van der Waals surface area contributed by atoms with Gasteiger partial charge in [0.15, 0.2) is 11.6 Å². The van der Waals surface area contributed by atoms with Gasteiger partial charge in [-0.25, -0.2) is 4.39 Å². The molecular formula is C25H30FN3O3. The van der Waals surface area contributed by atoms with Crippen LogP contribution in [0.25, 0.3) is 0 Å². The van der Waals surface area contributed by atoms with E-state index in [0.29, 0.717) is 19.6 Å². The van der Waals surface area contributed by atoms with Crippen molar-refractivity contribution in [2.45, 2.75) is 26.0 Å². The van der Waals surface area contributed by atoms with Crippen molar-refractivity contribution in [3.8, 4) is 11.5 Å². The summed E-state index contributed by atoms with van der Waals surface area (Å²) in [6.45, 7) is 5.53. The molecule has 0 N–H and O–H groups in total. The van der Waals surface area contributed by atoms with Crippen molar-refractivity contribution < 1.29 is 18.6 Å². The van der Waals surface area contributed by atoms with Crippen LogP contribution < -0.4 is 9.47 Å². The monoisotopic (exact) mass is 439 g/mol. The van der Waals surface area contributed by atoms with Crippen molar-refractivity contribution >= 4 is 0 Å². The molecule has 1 aromatic heterocycles. The van der Waals surface area contributed by atoms with Gasteiger partial charge in [-0.1, -0.05) is 24.3 Å². The lowest BCUT2D eigenvalue weighted by atomic mass is 10.1. The number of benzene rings is 2. The molecule has 6 nitrogen and oxygen atoms in total. The molecular weight excluding hydrogens is 409 g/mol. The minimum absolute atomic E-state index is 0.0902. The molecule has 1 atom stereocenters. The lowest BCUT2D eigenvalue weighted by Crippen LogP contribution is -2.38. The van der Waals surface area contributed by atoms with Crippen molar-refractivity contribution in [1.29, 1.82) is 0 Å². The molecule has 0 aliphatic carbocycles. The molecule has 0 amide bonds. The SMILES string of the molecule is COc1cc(C)ccc1CN1CCO[C@H](c2cc(CCOc3ccccc3F)n(C)n2)C1. The van der Waals surface area contributed by atoms with Crippen LogP contribution in [-0.2, 0) is 24.8 Å². The Balaban J connectivity index is 1.37. The van der Waals surface area contributed by atoms with Gasteiger partial charge in [0.25, 0.3) is 0 Å². The molecule has 170 valence electrons. The molecule has 32 heavy (non-hydrogen) atoms. The number of para-hydroxylation sites is 1. The molecule has 0 unspecified atom stereocenters. The number of hydrogen-bond donors (Lipinski definition) is 0. The zero-order chi connectivity index (χ0) is 22.5. The summed E-state index contributed by atoms with van der Waals surface area (Å²) in [7, 11) is 3.63. The van der Waals surface area contributed by atoms with Crippen molar-refractivity contribution in [1.82, 2.24) is 14.7 Å². The van der Waals surface area contributed by atoms with E-state index in [-0.39, 0.29) is 17.7 Å². The summed E-state index contributed by atoms with van der Waals surface area (Å²) in [5.74, 6) is 0.842. The summed E-state index contributed by atoms with van der Waals surface area (Å²) in [5.41, 5.74) is 4.29. The van der Waals surface area contributed by atoms with Gasteiger partial charge in [-0.2, -0.15) is 5.10 Å². The van der Waals surface area contributed by atoms with Crippen LogP contribution in [0.3, 0.4) is 0 Å². The number of aromatic nitrogens is 2. The molecule has 0 saturated carbocycles. The van der Waals surface area contributed by atoms with Crippen molar-refractivity contribution in [2.24, 2.45) is 7.05 Å². The Labute approximate surface area is 188 Å². The van der Waals surface area contributed by atoms with E-state index in [9.17, 15) is 4.39 Å². The highest BCUT2D eigenvalue weighted by Crippen LogP contribution is 2.26. The van der Waals surface area contributed by atoms with Gasteiger partial charge in [0.2, 0.25) is 0 Å². The van der Waals surface area contributed by atoms with Crippen LogP contribution in [-0.4, -0.2) is 48.1 Å². The average Bonchev–Trinajstić information content (AvgIpc) is 3.17. The maximum atomic E-state index is 13.7. The number of rotatable bonds is 8. The second kappa shape index (κ2) is 10.1. The predicted molar refractivity (Wildman–Crippen MR) is 121 cm³/mol. The summed E-state index contributed by atoms with van der Waals surface area (Å²) in [6.07, 6.45) is 0.544. The predicted octanol–water partition coefficient (Wildman–Crippen LogP) is 4.07. The van der Waals surface area contributed by atoms with Crippen LogP contribution in [0.15, 0.2) is 48.5 Å². The van der Waals surface area contributed by atoms with E-state index in [1.165, 1.54) is 17.2 Å². The fraction of sp³-hybridized carbons (Fsp3) is 0.400. The third-order valence-electron chi connectivity index (χ3n) is 5.77. The first kappa shape index (κ1) is 22.3. The van der Waals surface area contributed by atoms with Gasteiger partial charge >= 0.3 is 0 Å². The molecule has 1 aliphatic heterocycles. The zero-order valence-electron chi connectivity index (χ0n) is 18.9. The maximum absolute atomic E-state index is 13.7. The lowest BCUT2D eigenvalue weighted by Gasteiger charge is -2.32. The Kier molecular flexibility index (Phi) is 7.07. The van der Waals surface area contributed by atoms with Gasteiger partial charge in [-0.3, -0.25) is 9.58 Å². The molecule has 1 aliphatic rings. The van der Waals surface area contributed by atoms with Crippen LogP contribution in [0.4, 0.5) is 4.39 Å². The van der Waals surface area contributed by atoms with Crippen LogP contribution in [0.1, 0.15) is 28.6 Å². The van der Waals surface area contributed by atoms with E-state index in [2.05, 4.69) is 41.2 Å². The largest absolute Gasteiger partial charge is 0.496 e. The van der Waals surface area contributed by atoms with Gasteiger partial charge in [-0.15, -0.1) is 0 Å². The van der Waals surface area contributed by atoms with Gasteiger partial charge in [0, 0.05) is 44.4 Å². The lowest BCUT2D eigenvalue weighted by molar-refractivity contribution is -0.0353. The van der Waals surface area contributed by atoms with Crippen LogP contribution in [0.2, 0.25) is 0 Å². The smallest absolute Gasteiger partial charge is 0.165 e. The fourth-order valence-electron chi connectivity index (χ4n) is 4.00. The highest BCUT2D eigenvalue weighted by atomic mass is 19.1. The highest BCUT2D eigenvalue weighted by molar-refractivity contribution is 5.37. The number of nitrogens with zero attached hydrogens (tertiary/aromatic N) is 3. The number of halogens is 1. The van der Waals surface area contributed by atoms with Gasteiger partial charge in [0.05, 0.1) is 26.0 Å². The first-order valence-corrected chi connectivity index (χ1v) is 10.9. The number of morpholine rings is 1. The van der Waals surface area contributed by atoms with Gasteiger partial charge in [-0.05, 0) is 36.8 Å². The second-order valence-corrected chi connectivity index (χ2v) is 8.12. The van der Waals surface area contributed by atoms with Gasteiger partial charge in [0.1, 0.15) is 11.9 Å². The average molecular weight is 440 g/mol. The van der Waals surface area contributed by atoms with Crippen molar-refractivity contribution in [3.63, 3.8) is 0 Å². The molecule has 7 heteroatoms. The first-order chi connectivity index (χ1) is 15.5. The summed E-state index contributed by atoms with van der Waals surface area (Å²) in [6, 6.07) is 14.8. The van der Waals surface area contributed by atoms with E-state index in [1.807, 2.05) is 11.7 Å². The Hall–Kier alpha value is -2.90. The first-order valence-electron chi connectivity index (χ1n) is 10.9. The van der Waals surface area contributed by atoms with Crippen molar-refractivity contribution in [2.75, 3.05) is 33.4 Å². The topological polar surface area (TPSA) is 48.8 Å². The van der Waals surface area contributed by atoms with E-state index >= 15 is 0 Å². The number of ether oxygens (including phenoxy) is 3. The van der Waals surface area contributed by atoms with E-state index in [4.69, 9.17) is 14.2 Å². The summed E-state index contributed by atoms with van der Waals surface area (Å²) >= 11 is 0. The summed E-state index contributed by atoms with van der Waals surface area (Å²) in [4.78, 5) is 2.37. The van der Waals surface area contributed by atoms with Crippen molar-refractivity contribution in [3.05, 3.63) is 76.9 Å². The fourth-order valence-corrected chi connectivity index (χ4v) is 4.00. The molecule has 0 spiro atoms. The molecule has 1 saturated heterocycles. The highest BCUT2D eigenvalue weighted by Gasteiger charge is 2.25. The second-order valence-electron chi connectivity index (χ2n) is 8.12. The van der Waals surface area contributed by atoms with E-state index < -0.39 is 0 Å². The summed E-state index contributed by atoms with van der Waals surface area (Å²) < 4.78 is 32.8. The minimum atomic E-state index is -0.348. The van der Waals surface area contributed by atoms with E-state index in [0.717, 1.165) is 36.8 Å². The van der Waals surface area contributed by atoms with Crippen LogP contribution >= 0.6 is 0 Å². The number of aryl methyl sites for hydroxylation is 2. The summed E-state index contributed by atoms with van der Waals surface area (Å²) in [5, 5.41) is 4.68. The Morgan fingerprint density at radius 2 is 2.00 bits per heavy atom. The molecule has 0 radical (unpaired) electrons. The Bertz CT molecular complexity index is 1050. The zero-order valence-corrected chi connectivity index (χ0v) is 18.9. The Morgan fingerprint density at radius 1 is 1.16 bits per heavy atom. The third-order valence-corrected chi connectivity index (χ3v) is 5.77. The normalized spacial score (nSPS) is 16.8. The molecule has 3 aromatic rings. The standard InChI is InChI=1S/C25H30FN3O3/c1-18-8-9-19(24(14-18)30-3)16-29-11-13-32-25(17-29)22-15-20(28(2)27-22)10-12-31-23-7-5-4-6-21(23)26/h4-9,14-15,25H,10-13,16-17H2,1-3H3/t25-/m0/s1. The maximum Gasteiger partial charge on any atom is 0.165 e.